The van der Waals surface area contributed by atoms with Crippen LogP contribution in [0.2, 0.25) is 0 Å². The molecule has 11 heteroatoms. The molecule has 0 unspecified atom stereocenters. The molecule has 0 saturated carbocycles. The highest BCUT2D eigenvalue weighted by atomic mass is 16.7. The normalized spacial score (nSPS) is 17.1. The van der Waals surface area contributed by atoms with Crippen molar-refractivity contribution in [3.05, 3.63) is 23.8 Å². The molecule has 0 bridgehead atoms. The highest BCUT2D eigenvalue weighted by Crippen LogP contribution is 2.33. The molecule has 57 heavy (non-hydrogen) atoms. The lowest BCUT2D eigenvalue weighted by Crippen LogP contribution is -2.40. The van der Waals surface area contributed by atoms with E-state index in [-0.39, 0.29) is 42.2 Å². The molecule has 3 fully saturated rings. The lowest BCUT2D eigenvalue weighted by atomic mass is 9.91. The van der Waals surface area contributed by atoms with Gasteiger partial charge >= 0.3 is 0 Å². The molecule has 0 radical (unpaired) electrons. The lowest BCUT2D eigenvalue weighted by molar-refractivity contribution is -0.124. The average molecular weight is 803 g/mol. The molecule has 0 amide bonds. The van der Waals surface area contributed by atoms with E-state index in [9.17, 15) is 24.0 Å². The van der Waals surface area contributed by atoms with Crippen LogP contribution in [0.1, 0.15) is 131 Å². The maximum Gasteiger partial charge on any atom is 0.231 e. The predicted octanol–water partition coefficient (Wildman–Crippen LogP) is 8.14. The monoisotopic (exact) mass is 803 g/mol. The maximum absolute atomic E-state index is 11.6. The third kappa shape index (κ3) is 22.7. The number of carbonyl (C=O) groups excluding carboxylic acids is 5. The Bertz CT molecular complexity index is 1240. The van der Waals surface area contributed by atoms with Crippen LogP contribution in [0, 0.1) is 35.5 Å². The van der Waals surface area contributed by atoms with Gasteiger partial charge in [-0.1, -0.05) is 82.6 Å². The smallest absolute Gasteiger partial charge is 0.231 e. The number of hydrogen-bond donors (Lipinski definition) is 0. The molecule has 5 rings (SSSR count). The molecule has 0 aromatic heterocycles. The zero-order chi connectivity index (χ0) is 42.9. The number of fused-ring (bicyclic) bond motifs is 1. The summed E-state index contributed by atoms with van der Waals surface area (Å²) in [7, 11) is 0. The quantitative estimate of drug-likeness (QED) is 0.179. The third-order valence-corrected chi connectivity index (χ3v) is 10.2. The van der Waals surface area contributed by atoms with Gasteiger partial charge in [-0.15, -0.1) is 0 Å². The lowest BCUT2D eigenvalue weighted by Gasteiger charge is -2.26. The number of nitrogens with zero attached hydrogens (tertiary/aromatic N) is 2. The number of morpholine rings is 1. The summed E-state index contributed by atoms with van der Waals surface area (Å²) in [4.78, 5) is 60.7. The highest BCUT2D eigenvalue weighted by Gasteiger charge is 2.20. The van der Waals surface area contributed by atoms with Gasteiger partial charge in [0.25, 0.3) is 0 Å². The second kappa shape index (κ2) is 29.3. The van der Waals surface area contributed by atoms with Crippen LogP contribution in [-0.4, -0.2) is 111 Å². The minimum atomic E-state index is 0.00960. The van der Waals surface area contributed by atoms with Crippen molar-refractivity contribution in [1.82, 2.24) is 9.80 Å². The number of Topliss-reactive ketones (excluding diaryl/α,β-unsaturated/α-hetero) is 5. The number of ether oxygens (including phenoxy) is 4. The first-order valence-electron chi connectivity index (χ1n) is 21.6. The Labute approximate surface area is 345 Å². The topological polar surface area (TPSA) is 129 Å². The van der Waals surface area contributed by atoms with E-state index in [0.29, 0.717) is 65.6 Å². The molecule has 11 nitrogen and oxygen atoms in total. The van der Waals surface area contributed by atoms with Gasteiger partial charge in [-0.2, -0.15) is 0 Å². The molecule has 4 aliphatic heterocycles. The number of hydrogen-bond acceptors (Lipinski definition) is 11. The van der Waals surface area contributed by atoms with E-state index >= 15 is 0 Å². The number of ketones is 5. The summed E-state index contributed by atoms with van der Waals surface area (Å²) < 4.78 is 20.8. The van der Waals surface area contributed by atoms with Crippen molar-refractivity contribution in [2.75, 3.05) is 72.5 Å². The number of piperidine rings is 1. The first-order valence-corrected chi connectivity index (χ1v) is 21.6. The standard InChI is InChI=1S/C11H12O3.C10H19NO.C10H18O2.C9H17NO2.C6H12O/c1-7(2)11(12)8-3-4-9-10(5-8)14-6-13-9;1-9(2)10(12)8-11-6-4-3-5-7-11;1-8(2)10(11)7-9-3-5-12-6-4-9;1-8(2)9(11)7-10-3-5-12-6-4-10;1-4-6(7)5(2)3/h3-5,7H,6H2,1-2H3;9H,3-8H2,1-2H3;8-9H,3-7H2,1-2H3;8H,3-7H2,1-2H3;5H,4H2,1-3H3. The molecule has 1 aromatic rings. The third-order valence-electron chi connectivity index (χ3n) is 10.2. The summed E-state index contributed by atoms with van der Waals surface area (Å²) >= 11 is 0. The molecular formula is C46H78N2O9. The van der Waals surface area contributed by atoms with E-state index in [1.807, 2.05) is 76.2 Å². The zero-order valence-electron chi connectivity index (χ0n) is 37.5. The summed E-state index contributed by atoms with van der Waals surface area (Å²) in [5, 5.41) is 0. The van der Waals surface area contributed by atoms with Crippen LogP contribution >= 0.6 is 0 Å². The second-order valence-corrected chi connectivity index (χ2v) is 16.9. The minimum Gasteiger partial charge on any atom is -0.454 e. The Morgan fingerprint density at radius 1 is 0.579 bits per heavy atom. The average Bonchev–Trinajstić information content (AvgIpc) is 3.67. The van der Waals surface area contributed by atoms with Gasteiger partial charge in [0.1, 0.15) is 23.1 Å². The van der Waals surface area contributed by atoms with Gasteiger partial charge in [0.05, 0.1) is 26.3 Å². The number of carbonyl (C=O) groups is 5. The van der Waals surface area contributed by atoms with Crippen LogP contribution < -0.4 is 9.47 Å². The molecule has 0 aliphatic carbocycles. The summed E-state index contributed by atoms with van der Waals surface area (Å²) in [6, 6.07) is 5.29. The van der Waals surface area contributed by atoms with Crippen LogP contribution in [0.3, 0.4) is 0 Å². The van der Waals surface area contributed by atoms with Gasteiger partial charge < -0.3 is 18.9 Å². The Kier molecular flexibility index (Phi) is 26.7. The van der Waals surface area contributed by atoms with E-state index in [2.05, 4.69) is 9.80 Å². The predicted molar refractivity (Wildman–Crippen MR) is 227 cm³/mol. The van der Waals surface area contributed by atoms with Crippen molar-refractivity contribution in [3.63, 3.8) is 0 Å². The first-order chi connectivity index (χ1) is 27.0. The fraction of sp³-hybridized carbons (Fsp3) is 0.761. The summed E-state index contributed by atoms with van der Waals surface area (Å²) in [5.74, 6) is 4.36. The van der Waals surface area contributed by atoms with Crippen molar-refractivity contribution < 1.29 is 42.9 Å². The first kappa shape index (κ1) is 52.0. The molecule has 3 saturated heterocycles. The summed E-state index contributed by atoms with van der Waals surface area (Å²) in [5.41, 5.74) is 0.684. The molecule has 4 heterocycles. The molecule has 326 valence electrons. The van der Waals surface area contributed by atoms with Crippen LogP contribution in [0.15, 0.2) is 18.2 Å². The van der Waals surface area contributed by atoms with E-state index in [0.717, 1.165) is 71.9 Å². The van der Waals surface area contributed by atoms with Gasteiger partial charge in [0.2, 0.25) is 6.79 Å². The zero-order valence-corrected chi connectivity index (χ0v) is 37.5. The Morgan fingerprint density at radius 3 is 1.51 bits per heavy atom. The summed E-state index contributed by atoms with van der Waals surface area (Å²) in [6.45, 7) is 30.1. The minimum absolute atomic E-state index is 0.00960. The number of likely N-dealkylation sites (tertiary alicyclic amines) is 1. The van der Waals surface area contributed by atoms with Crippen molar-refractivity contribution in [1.29, 1.82) is 0 Å². The largest absolute Gasteiger partial charge is 0.454 e. The van der Waals surface area contributed by atoms with Gasteiger partial charge in [0.15, 0.2) is 17.3 Å². The molecule has 4 aliphatic rings. The van der Waals surface area contributed by atoms with Crippen molar-refractivity contribution in [2.45, 2.75) is 121 Å². The Hall–Kier alpha value is -2.99. The fourth-order valence-electron chi connectivity index (χ4n) is 5.94. The SMILES string of the molecule is CC(C)C(=O)CC1CCOCC1.CC(C)C(=O)CN1CCCCC1.CC(C)C(=O)CN1CCOCC1.CC(C)C(=O)c1ccc2c(c1)OCO2.CCC(=O)C(C)C. The van der Waals surface area contributed by atoms with Crippen LogP contribution in [0.5, 0.6) is 11.5 Å². The fourth-order valence-corrected chi connectivity index (χ4v) is 5.94. The Morgan fingerprint density at radius 2 is 1.05 bits per heavy atom. The number of benzene rings is 1. The molecule has 0 atom stereocenters. The molecule has 0 N–H and O–H groups in total. The second-order valence-electron chi connectivity index (χ2n) is 16.9. The van der Waals surface area contributed by atoms with E-state index in [4.69, 9.17) is 18.9 Å². The maximum atomic E-state index is 11.6. The van der Waals surface area contributed by atoms with Crippen molar-refractivity contribution in [3.8, 4) is 11.5 Å². The summed E-state index contributed by atoms with van der Waals surface area (Å²) in [6.07, 6.45) is 7.46. The van der Waals surface area contributed by atoms with E-state index < -0.39 is 0 Å². The Balaban J connectivity index is 0.000000362. The van der Waals surface area contributed by atoms with Gasteiger partial charge in [0, 0.05) is 74.3 Å². The van der Waals surface area contributed by atoms with Crippen LogP contribution in [-0.2, 0) is 28.7 Å². The molecule has 1 aromatic carbocycles. The van der Waals surface area contributed by atoms with Crippen LogP contribution in [0.25, 0.3) is 0 Å². The molecule has 0 spiro atoms. The van der Waals surface area contributed by atoms with Gasteiger partial charge in [-0.25, -0.2) is 0 Å². The van der Waals surface area contributed by atoms with Crippen molar-refractivity contribution in [2.24, 2.45) is 35.5 Å². The van der Waals surface area contributed by atoms with Gasteiger partial charge in [-0.05, 0) is 62.9 Å². The van der Waals surface area contributed by atoms with E-state index in [1.165, 1.54) is 19.3 Å². The van der Waals surface area contributed by atoms with Gasteiger partial charge in [-0.3, -0.25) is 33.8 Å². The molecular weight excluding hydrogens is 725 g/mol. The van der Waals surface area contributed by atoms with Crippen LogP contribution in [0.4, 0.5) is 0 Å². The van der Waals surface area contributed by atoms with Crippen molar-refractivity contribution >= 4 is 28.9 Å². The number of rotatable bonds is 13. The van der Waals surface area contributed by atoms with E-state index in [1.54, 1.807) is 18.2 Å². The highest BCUT2D eigenvalue weighted by molar-refractivity contribution is 5.98.